The fourth-order valence-corrected chi connectivity index (χ4v) is 2.69. The van der Waals surface area contributed by atoms with Gasteiger partial charge in [0.2, 0.25) is 0 Å². The van der Waals surface area contributed by atoms with Crippen molar-refractivity contribution in [1.29, 1.82) is 0 Å². The first kappa shape index (κ1) is 13.1. The van der Waals surface area contributed by atoms with Gasteiger partial charge in [-0.05, 0) is 28.7 Å². The molecule has 0 saturated carbocycles. The third-order valence-corrected chi connectivity index (χ3v) is 3.75. The quantitative estimate of drug-likeness (QED) is 0.577. The molecule has 0 spiro atoms. The molecule has 96 valence electrons. The zero-order valence-electron chi connectivity index (χ0n) is 11.7. The molecule has 0 aliphatic carbocycles. The Labute approximate surface area is 111 Å². The Morgan fingerprint density at radius 3 is 2.56 bits per heavy atom. The van der Waals surface area contributed by atoms with E-state index in [2.05, 4.69) is 56.3 Å². The lowest BCUT2D eigenvalue weighted by Crippen LogP contribution is -2.00. The van der Waals surface area contributed by atoms with E-state index in [9.17, 15) is 0 Å². The molecule has 0 nitrogen and oxygen atoms in total. The molecule has 0 radical (unpaired) electrons. The zero-order chi connectivity index (χ0) is 12.8. The lowest BCUT2D eigenvalue weighted by Gasteiger charge is -2.13. The maximum absolute atomic E-state index is 2.39. The Morgan fingerprint density at radius 2 is 1.72 bits per heavy atom. The van der Waals surface area contributed by atoms with Crippen LogP contribution in [-0.4, -0.2) is 0 Å². The zero-order valence-corrected chi connectivity index (χ0v) is 11.7. The van der Waals surface area contributed by atoms with Gasteiger partial charge in [-0.25, -0.2) is 0 Å². The molecule has 0 heterocycles. The molecule has 0 amide bonds. The minimum absolute atomic E-state index is 0.794. The first-order chi connectivity index (χ1) is 8.81. The summed E-state index contributed by atoms with van der Waals surface area (Å²) >= 11 is 0. The van der Waals surface area contributed by atoms with E-state index in [1.165, 1.54) is 48.4 Å². The highest BCUT2D eigenvalue weighted by Crippen LogP contribution is 2.23. The van der Waals surface area contributed by atoms with Gasteiger partial charge in [-0.1, -0.05) is 82.0 Å². The van der Waals surface area contributed by atoms with Crippen LogP contribution in [0.3, 0.4) is 0 Å². The monoisotopic (exact) mass is 240 g/mol. The predicted molar refractivity (Wildman–Crippen MR) is 81.0 cm³/mol. The highest BCUT2D eigenvalue weighted by atomic mass is 14.1. The molecule has 18 heavy (non-hydrogen) atoms. The summed E-state index contributed by atoms with van der Waals surface area (Å²) < 4.78 is 0. The molecule has 2 aromatic carbocycles. The molecule has 0 aliphatic rings. The van der Waals surface area contributed by atoms with Gasteiger partial charge in [0.25, 0.3) is 0 Å². The highest BCUT2D eigenvalue weighted by Gasteiger charge is 2.06. The predicted octanol–water partition coefficient (Wildman–Crippen LogP) is 5.60. The summed E-state index contributed by atoms with van der Waals surface area (Å²) in [6.45, 7) is 4.66. The Bertz CT molecular complexity index is 479. The second-order valence-electron chi connectivity index (χ2n) is 5.44. The third-order valence-electron chi connectivity index (χ3n) is 3.75. The summed E-state index contributed by atoms with van der Waals surface area (Å²) in [5.41, 5.74) is 1.51. The van der Waals surface area contributed by atoms with Crippen molar-refractivity contribution in [2.45, 2.75) is 46.0 Å². The maximum atomic E-state index is 2.39. The summed E-state index contributed by atoms with van der Waals surface area (Å²) in [7, 11) is 0. The fourth-order valence-electron chi connectivity index (χ4n) is 2.69. The molecule has 0 bridgehead atoms. The summed E-state index contributed by atoms with van der Waals surface area (Å²) in [4.78, 5) is 0. The minimum atomic E-state index is 0.794. The second kappa shape index (κ2) is 6.58. The Kier molecular flexibility index (Phi) is 4.81. The summed E-state index contributed by atoms with van der Waals surface area (Å²) in [6, 6.07) is 15.4. The number of rotatable bonds is 6. The van der Waals surface area contributed by atoms with E-state index >= 15 is 0 Å². The van der Waals surface area contributed by atoms with Gasteiger partial charge in [0.15, 0.2) is 0 Å². The van der Waals surface area contributed by atoms with Crippen molar-refractivity contribution in [3.8, 4) is 0 Å². The summed E-state index contributed by atoms with van der Waals surface area (Å²) in [6.07, 6.45) is 6.64. The van der Waals surface area contributed by atoms with Gasteiger partial charge in [0, 0.05) is 0 Å². The Morgan fingerprint density at radius 1 is 0.944 bits per heavy atom. The van der Waals surface area contributed by atoms with E-state index in [4.69, 9.17) is 0 Å². The normalized spacial score (nSPS) is 12.8. The smallest absolute Gasteiger partial charge is 0.0152 e. The fraction of sp³-hybridized carbons (Fsp3) is 0.444. The molecule has 2 aromatic rings. The van der Waals surface area contributed by atoms with E-state index in [1.54, 1.807) is 0 Å². The first-order valence-electron chi connectivity index (χ1n) is 7.28. The van der Waals surface area contributed by atoms with Crippen LogP contribution < -0.4 is 0 Å². The number of hydrogen-bond acceptors (Lipinski definition) is 0. The van der Waals surface area contributed by atoms with E-state index in [1.807, 2.05) is 0 Å². The van der Waals surface area contributed by atoms with Crippen LogP contribution in [0.25, 0.3) is 10.8 Å². The van der Waals surface area contributed by atoms with Gasteiger partial charge in [-0.3, -0.25) is 0 Å². The highest BCUT2D eigenvalue weighted by molar-refractivity contribution is 5.85. The van der Waals surface area contributed by atoms with Crippen LogP contribution in [0.15, 0.2) is 42.5 Å². The van der Waals surface area contributed by atoms with Crippen molar-refractivity contribution < 1.29 is 0 Å². The first-order valence-corrected chi connectivity index (χ1v) is 7.28. The molecule has 0 aliphatic heterocycles. The van der Waals surface area contributed by atoms with Gasteiger partial charge in [0.05, 0.1) is 0 Å². The Balaban J connectivity index is 2.07. The van der Waals surface area contributed by atoms with Crippen LogP contribution in [0.2, 0.25) is 0 Å². The molecular weight excluding hydrogens is 216 g/mol. The van der Waals surface area contributed by atoms with Gasteiger partial charge < -0.3 is 0 Å². The van der Waals surface area contributed by atoms with E-state index < -0.39 is 0 Å². The molecule has 2 rings (SSSR count). The van der Waals surface area contributed by atoms with E-state index in [0.717, 1.165) is 5.92 Å². The van der Waals surface area contributed by atoms with Crippen molar-refractivity contribution in [2.24, 2.45) is 5.92 Å². The molecule has 0 aromatic heterocycles. The van der Waals surface area contributed by atoms with Gasteiger partial charge in [-0.2, -0.15) is 0 Å². The van der Waals surface area contributed by atoms with Crippen LogP contribution in [0.5, 0.6) is 0 Å². The number of fused-ring (bicyclic) bond motifs is 1. The minimum Gasteiger partial charge on any atom is -0.0654 e. The molecular formula is C18H24. The SMILES string of the molecule is CCCCCC(C)Cc1cccc2ccccc12. The molecule has 1 unspecified atom stereocenters. The standard InChI is InChI=1S/C18H24/c1-3-4-5-9-15(2)14-17-12-8-11-16-10-6-7-13-18(16)17/h6-8,10-13,15H,3-5,9,14H2,1-2H3. The van der Waals surface area contributed by atoms with Crippen LogP contribution in [-0.2, 0) is 6.42 Å². The van der Waals surface area contributed by atoms with Crippen LogP contribution in [0, 0.1) is 5.92 Å². The van der Waals surface area contributed by atoms with Crippen molar-refractivity contribution in [1.82, 2.24) is 0 Å². The molecule has 0 saturated heterocycles. The van der Waals surface area contributed by atoms with E-state index in [0.29, 0.717) is 0 Å². The average Bonchev–Trinajstić information content (AvgIpc) is 2.39. The third kappa shape index (κ3) is 3.35. The van der Waals surface area contributed by atoms with Crippen LogP contribution >= 0.6 is 0 Å². The van der Waals surface area contributed by atoms with Crippen molar-refractivity contribution in [2.75, 3.05) is 0 Å². The average molecular weight is 240 g/mol. The van der Waals surface area contributed by atoms with Crippen LogP contribution in [0.4, 0.5) is 0 Å². The number of benzene rings is 2. The van der Waals surface area contributed by atoms with Crippen molar-refractivity contribution in [3.63, 3.8) is 0 Å². The Hall–Kier alpha value is -1.30. The topological polar surface area (TPSA) is 0 Å². The molecule has 0 heteroatoms. The van der Waals surface area contributed by atoms with Gasteiger partial charge >= 0.3 is 0 Å². The van der Waals surface area contributed by atoms with Gasteiger partial charge in [0.1, 0.15) is 0 Å². The molecule has 1 atom stereocenters. The number of unbranched alkanes of at least 4 members (excludes halogenated alkanes) is 2. The summed E-state index contributed by atoms with van der Waals surface area (Å²) in [5.74, 6) is 0.794. The van der Waals surface area contributed by atoms with E-state index in [-0.39, 0.29) is 0 Å². The lowest BCUT2D eigenvalue weighted by atomic mass is 9.92. The van der Waals surface area contributed by atoms with Crippen molar-refractivity contribution in [3.05, 3.63) is 48.0 Å². The van der Waals surface area contributed by atoms with Gasteiger partial charge in [-0.15, -0.1) is 0 Å². The summed E-state index contributed by atoms with van der Waals surface area (Å²) in [5, 5.41) is 2.80. The van der Waals surface area contributed by atoms with Crippen LogP contribution in [0.1, 0.15) is 45.1 Å². The maximum Gasteiger partial charge on any atom is -0.0152 e. The van der Waals surface area contributed by atoms with Crippen molar-refractivity contribution >= 4 is 10.8 Å². The number of hydrogen-bond donors (Lipinski definition) is 0. The second-order valence-corrected chi connectivity index (χ2v) is 5.44. The largest absolute Gasteiger partial charge is 0.0654 e. The molecule has 0 fully saturated rings. The molecule has 0 N–H and O–H groups in total. The lowest BCUT2D eigenvalue weighted by molar-refractivity contribution is 0.494.